The van der Waals surface area contributed by atoms with Gasteiger partial charge in [0.05, 0.1) is 19.4 Å². The Morgan fingerprint density at radius 1 is 1.05 bits per heavy atom. The van der Waals surface area contributed by atoms with Gasteiger partial charge in [0.25, 0.3) is 0 Å². The summed E-state index contributed by atoms with van der Waals surface area (Å²) in [5, 5.41) is 0. The van der Waals surface area contributed by atoms with Crippen LogP contribution in [0.1, 0.15) is 72.6 Å². The summed E-state index contributed by atoms with van der Waals surface area (Å²) in [7, 11) is 0. The molecule has 0 radical (unpaired) electrons. The molecular formula is C17H30O4. The summed E-state index contributed by atoms with van der Waals surface area (Å²) in [6, 6.07) is 0. The van der Waals surface area contributed by atoms with Gasteiger partial charge in [-0.1, -0.05) is 40.0 Å². The fraction of sp³-hybridized carbons (Fsp3) is 0.882. The van der Waals surface area contributed by atoms with Gasteiger partial charge in [0.1, 0.15) is 6.10 Å². The Kier molecular flexibility index (Phi) is 7.20. The van der Waals surface area contributed by atoms with Gasteiger partial charge in [-0.3, -0.25) is 9.59 Å². The van der Waals surface area contributed by atoms with E-state index in [0.717, 1.165) is 12.8 Å². The van der Waals surface area contributed by atoms with Gasteiger partial charge >= 0.3 is 11.9 Å². The number of rotatable bonds is 6. The van der Waals surface area contributed by atoms with Gasteiger partial charge < -0.3 is 9.47 Å². The van der Waals surface area contributed by atoms with Crippen LogP contribution in [0.4, 0.5) is 0 Å². The van der Waals surface area contributed by atoms with E-state index < -0.39 is 0 Å². The third-order valence-electron chi connectivity index (χ3n) is 4.27. The minimum Gasteiger partial charge on any atom is -0.465 e. The quantitative estimate of drug-likeness (QED) is 0.699. The number of hydrogen-bond donors (Lipinski definition) is 0. The molecule has 1 aliphatic rings. The van der Waals surface area contributed by atoms with Crippen molar-refractivity contribution < 1.29 is 19.1 Å². The normalized spacial score (nSPS) is 18.1. The summed E-state index contributed by atoms with van der Waals surface area (Å²) in [6.45, 7) is 8.43. The minimum absolute atomic E-state index is 0.0862. The SMILES string of the molecule is CC(OC(=O)CCC(=O)OCC1CCCCC1)C(C)(C)C. The molecule has 0 amide bonds. The topological polar surface area (TPSA) is 52.6 Å². The number of carbonyl (C=O) groups is 2. The van der Waals surface area contributed by atoms with E-state index in [1.807, 2.05) is 27.7 Å². The lowest BCUT2D eigenvalue weighted by atomic mass is 9.90. The van der Waals surface area contributed by atoms with Crippen molar-refractivity contribution >= 4 is 11.9 Å². The second kappa shape index (κ2) is 8.40. The van der Waals surface area contributed by atoms with Crippen LogP contribution in [0.2, 0.25) is 0 Å². The van der Waals surface area contributed by atoms with Crippen LogP contribution in [-0.4, -0.2) is 24.6 Å². The molecule has 21 heavy (non-hydrogen) atoms. The lowest BCUT2D eigenvalue weighted by Gasteiger charge is -2.26. The highest BCUT2D eigenvalue weighted by Crippen LogP contribution is 2.24. The van der Waals surface area contributed by atoms with Crippen molar-refractivity contribution in [2.45, 2.75) is 78.7 Å². The molecule has 1 unspecified atom stereocenters. The molecule has 0 N–H and O–H groups in total. The first-order valence-electron chi connectivity index (χ1n) is 8.14. The second-order valence-corrected chi connectivity index (χ2v) is 7.19. The van der Waals surface area contributed by atoms with Gasteiger partial charge in [-0.15, -0.1) is 0 Å². The summed E-state index contributed by atoms with van der Waals surface area (Å²) >= 11 is 0. The third kappa shape index (κ3) is 7.49. The molecular weight excluding hydrogens is 268 g/mol. The van der Waals surface area contributed by atoms with Crippen molar-refractivity contribution in [2.24, 2.45) is 11.3 Å². The Morgan fingerprint density at radius 2 is 1.62 bits per heavy atom. The second-order valence-electron chi connectivity index (χ2n) is 7.19. The molecule has 1 fully saturated rings. The van der Waals surface area contributed by atoms with E-state index in [2.05, 4.69) is 0 Å². The Labute approximate surface area is 128 Å². The maximum atomic E-state index is 11.7. The summed E-state index contributed by atoms with van der Waals surface area (Å²) in [5.74, 6) is -0.108. The molecule has 0 bridgehead atoms. The zero-order valence-corrected chi connectivity index (χ0v) is 13.9. The molecule has 4 nitrogen and oxygen atoms in total. The third-order valence-corrected chi connectivity index (χ3v) is 4.27. The van der Waals surface area contributed by atoms with E-state index >= 15 is 0 Å². The van der Waals surface area contributed by atoms with Crippen molar-refractivity contribution in [3.05, 3.63) is 0 Å². The standard InChI is InChI=1S/C17H30O4/c1-13(17(2,3)4)21-16(19)11-10-15(18)20-12-14-8-6-5-7-9-14/h13-14H,5-12H2,1-4H3. The zero-order chi connectivity index (χ0) is 15.9. The van der Waals surface area contributed by atoms with Gasteiger partial charge in [0, 0.05) is 0 Å². The van der Waals surface area contributed by atoms with E-state index in [1.165, 1.54) is 19.3 Å². The van der Waals surface area contributed by atoms with E-state index in [9.17, 15) is 9.59 Å². The lowest BCUT2D eigenvalue weighted by molar-refractivity contribution is -0.157. The monoisotopic (exact) mass is 298 g/mol. The molecule has 1 atom stereocenters. The molecule has 1 rings (SSSR count). The van der Waals surface area contributed by atoms with Crippen LogP contribution < -0.4 is 0 Å². The van der Waals surface area contributed by atoms with Crippen LogP contribution in [-0.2, 0) is 19.1 Å². The van der Waals surface area contributed by atoms with Crippen LogP contribution >= 0.6 is 0 Å². The average Bonchev–Trinajstić information content (AvgIpc) is 2.43. The molecule has 0 heterocycles. The number of carbonyl (C=O) groups excluding carboxylic acids is 2. The molecule has 4 heteroatoms. The van der Waals surface area contributed by atoms with Crippen molar-refractivity contribution in [3.63, 3.8) is 0 Å². The van der Waals surface area contributed by atoms with E-state index in [4.69, 9.17) is 9.47 Å². The Hall–Kier alpha value is -1.06. The molecule has 0 aromatic rings. The molecule has 0 aromatic heterocycles. The molecule has 1 aliphatic carbocycles. The Morgan fingerprint density at radius 3 is 2.19 bits per heavy atom. The minimum atomic E-state index is -0.327. The highest BCUT2D eigenvalue weighted by Gasteiger charge is 2.24. The van der Waals surface area contributed by atoms with E-state index in [1.54, 1.807) is 0 Å². The summed E-state index contributed by atoms with van der Waals surface area (Å²) in [6.07, 6.45) is 6.12. The fourth-order valence-electron chi connectivity index (χ4n) is 2.27. The van der Waals surface area contributed by atoms with Gasteiger partial charge in [-0.2, -0.15) is 0 Å². The van der Waals surface area contributed by atoms with Crippen molar-refractivity contribution in [1.82, 2.24) is 0 Å². The highest BCUT2D eigenvalue weighted by molar-refractivity contribution is 5.77. The predicted octanol–water partition coefficient (Wildman–Crippen LogP) is 3.87. The number of esters is 2. The maximum Gasteiger partial charge on any atom is 0.306 e. The van der Waals surface area contributed by atoms with Crippen LogP contribution in [0.5, 0.6) is 0 Å². The van der Waals surface area contributed by atoms with Gasteiger partial charge in [-0.25, -0.2) is 0 Å². The van der Waals surface area contributed by atoms with Crippen molar-refractivity contribution in [2.75, 3.05) is 6.61 Å². The van der Waals surface area contributed by atoms with E-state index in [-0.39, 0.29) is 36.3 Å². The fourth-order valence-corrected chi connectivity index (χ4v) is 2.27. The zero-order valence-electron chi connectivity index (χ0n) is 13.9. The maximum absolute atomic E-state index is 11.7. The first-order valence-corrected chi connectivity index (χ1v) is 8.14. The molecule has 0 aliphatic heterocycles. The number of hydrogen-bond acceptors (Lipinski definition) is 4. The van der Waals surface area contributed by atoms with Gasteiger partial charge in [0.15, 0.2) is 0 Å². The molecule has 0 spiro atoms. The van der Waals surface area contributed by atoms with Crippen LogP contribution in [0.15, 0.2) is 0 Å². The molecule has 122 valence electrons. The largest absolute Gasteiger partial charge is 0.465 e. The van der Waals surface area contributed by atoms with Crippen molar-refractivity contribution in [3.8, 4) is 0 Å². The predicted molar refractivity (Wildman–Crippen MR) is 81.8 cm³/mol. The lowest BCUT2D eigenvalue weighted by Crippen LogP contribution is -2.29. The summed E-state index contributed by atoms with van der Waals surface area (Å²) < 4.78 is 10.6. The highest BCUT2D eigenvalue weighted by atomic mass is 16.5. The van der Waals surface area contributed by atoms with Crippen molar-refractivity contribution in [1.29, 1.82) is 0 Å². The van der Waals surface area contributed by atoms with E-state index in [0.29, 0.717) is 12.5 Å². The van der Waals surface area contributed by atoms with Crippen LogP contribution in [0.25, 0.3) is 0 Å². The van der Waals surface area contributed by atoms with Crippen LogP contribution in [0, 0.1) is 11.3 Å². The first kappa shape index (κ1) is 18.0. The summed E-state index contributed by atoms with van der Waals surface area (Å²) in [4.78, 5) is 23.3. The van der Waals surface area contributed by atoms with Gasteiger partial charge in [0.2, 0.25) is 0 Å². The Balaban J connectivity index is 2.15. The molecule has 0 saturated heterocycles. The Bertz CT molecular complexity index is 337. The van der Waals surface area contributed by atoms with Gasteiger partial charge in [-0.05, 0) is 31.1 Å². The average molecular weight is 298 g/mol. The molecule has 0 aromatic carbocycles. The van der Waals surface area contributed by atoms with Crippen LogP contribution in [0.3, 0.4) is 0 Å². The summed E-state index contributed by atoms with van der Waals surface area (Å²) in [5.41, 5.74) is -0.0862. The number of ether oxygens (including phenoxy) is 2. The molecule has 1 saturated carbocycles. The smallest absolute Gasteiger partial charge is 0.306 e. The first-order chi connectivity index (χ1) is 9.79.